The van der Waals surface area contributed by atoms with E-state index < -0.39 is 0 Å². The minimum absolute atomic E-state index is 0.659. The molecule has 7 heterocycles. The molecule has 0 saturated heterocycles. The lowest BCUT2D eigenvalue weighted by atomic mass is 9.97. The number of nitrogens with zero attached hydrogens (tertiary/aromatic N) is 12. The summed E-state index contributed by atoms with van der Waals surface area (Å²) in [5, 5.41) is 4.98. The summed E-state index contributed by atoms with van der Waals surface area (Å²) in [5.74, 6) is 3.49. The van der Waals surface area contributed by atoms with Gasteiger partial charge in [-0.1, -0.05) is 231 Å². The van der Waals surface area contributed by atoms with Crippen LogP contribution in [0.15, 0.2) is 334 Å². The topological polar surface area (TPSA) is 155 Å². The summed E-state index contributed by atoms with van der Waals surface area (Å²) in [7, 11) is 0. The Labute approximate surface area is 585 Å². The number of benzene rings is 10. The molecule has 10 aromatic carbocycles. The number of hydrogen-bond donors (Lipinski definition) is 0. The van der Waals surface area contributed by atoms with Gasteiger partial charge in [-0.3, -0.25) is 9.97 Å². The average molecular weight is 1300 g/mol. The second-order valence-corrected chi connectivity index (χ2v) is 24.3. The zero-order valence-electron chi connectivity index (χ0n) is 55.6. The Bertz CT molecular complexity index is 5150. The van der Waals surface area contributed by atoms with Crippen LogP contribution in [0.4, 0.5) is 0 Å². The highest BCUT2D eigenvalue weighted by Gasteiger charge is 2.15. The molecule has 7 aromatic heterocycles. The predicted octanol–water partition coefficient (Wildman–Crippen LogP) is 21.0. The molecule has 0 amide bonds. The number of pyridine rings is 2. The molecule has 0 fully saturated rings. The monoisotopic (exact) mass is 1300 g/mol. The van der Waals surface area contributed by atoms with E-state index >= 15 is 0 Å². The van der Waals surface area contributed by atoms with Crippen LogP contribution in [0.3, 0.4) is 0 Å². The summed E-state index contributed by atoms with van der Waals surface area (Å²) in [5.41, 5.74) is 21.6. The van der Waals surface area contributed by atoms with E-state index in [1.165, 1.54) is 43.8 Å². The van der Waals surface area contributed by atoms with E-state index in [1.54, 1.807) is 24.8 Å². The average Bonchev–Trinajstić information content (AvgIpc) is 0.824. The van der Waals surface area contributed by atoms with Crippen LogP contribution in [0.2, 0.25) is 0 Å². The fraction of sp³-hybridized carbons (Fsp3) is 0.0337. The first-order valence-electron chi connectivity index (χ1n) is 33.3. The van der Waals surface area contributed by atoms with Crippen LogP contribution < -0.4 is 0 Å². The Morgan fingerprint density at radius 2 is 0.426 bits per heavy atom. The molecule has 0 N–H and O–H groups in total. The normalized spacial score (nSPS) is 10.9. The first-order chi connectivity index (χ1) is 49.7. The molecule has 0 atom stereocenters. The van der Waals surface area contributed by atoms with Gasteiger partial charge in [0.15, 0.2) is 11.6 Å². The van der Waals surface area contributed by atoms with Crippen LogP contribution in [0, 0.1) is 20.8 Å². The third-order valence-corrected chi connectivity index (χ3v) is 17.2. The van der Waals surface area contributed by atoms with Crippen LogP contribution >= 0.6 is 0 Å². The molecule has 0 unspecified atom stereocenters. The molecule has 0 aliphatic heterocycles. The van der Waals surface area contributed by atoms with Gasteiger partial charge < -0.3 is 0 Å². The molecule has 0 radical (unpaired) electrons. The smallest absolute Gasteiger partial charge is 0.159 e. The van der Waals surface area contributed by atoms with E-state index in [1.807, 2.05) is 154 Å². The van der Waals surface area contributed by atoms with E-state index in [9.17, 15) is 0 Å². The Hall–Kier alpha value is -13.6. The van der Waals surface area contributed by atoms with Crippen molar-refractivity contribution >= 4 is 21.5 Å². The molecule has 480 valence electrons. The Kier molecular flexibility index (Phi) is 18.5. The van der Waals surface area contributed by atoms with Crippen molar-refractivity contribution in [3.05, 3.63) is 352 Å². The molecular weight excluding hydrogens is 1240 g/mol. The second-order valence-electron chi connectivity index (χ2n) is 24.3. The molecule has 17 aromatic rings. The summed E-state index contributed by atoms with van der Waals surface area (Å²) >= 11 is 0. The highest BCUT2D eigenvalue weighted by molar-refractivity contribution is 5.90. The van der Waals surface area contributed by atoms with Gasteiger partial charge in [-0.25, -0.2) is 49.8 Å². The van der Waals surface area contributed by atoms with Gasteiger partial charge in [0.1, 0.15) is 17.5 Å². The lowest BCUT2D eigenvalue weighted by Crippen LogP contribution is -1.97. The fourth-order valence-electron chi connectivity index (χ4n) is 12.1. The largest absolute Gasteiger partial charge is 0.256 e. The van der Waals surface area contributed by atoms with E-state index in [-0.39, 0.29) is 0 Å². The fourth-order valence-corrected chi connectivity index (χ4v) is 12.1. The number of rotatable bonds is 12. The van der Waals surface area contributed by atoms with Crippen molar-refractivity contribution in [1.82, 2.24) is 59.8 Å². The van der Waals surface area contributed by atoms with Crippen LogP contribution in [-0.4, -0.2) is 59.8 Å². The predicted molar refractivity (Wildman–Crippen MR) is 407 cm³/mol. The van der Waals surface area contributed by atoms with Gasteiger partial charge in [0.2, 0.25) is 0 Å². The van der Waals surface area contributed by atoms with Crippen molar-refractivity contribution in [2.75, 3.05) is 0 Å². The minimum Gasteiger partial charge on any atom is -0.256 e. The van der Waals surface area contributed by atoms with Crippen LogP contribution in [0.25, 0.3) is 157 Å². The van der Waals surface area contributed by atoms with Crippen molar-refractivity contribution in [1.29, 1.82) is 0 Å². The van der Waals surface area contributed by atoms with E-state index in [2.05, 4.69) is 226 Å². The van der Waals surface area contributed by atoms with Crippen molar-refractivity contribution in [3.63, 3.8) is 0 Å². The zero-order chi connectivity index (χ0) is 68.3. The number of aromatic nitrogens is 12. The van der Waals surface area contributed by atoms with Crippen molar-refractivity contribution in [2.45, 2.75) is 20.8 Å². The van der Waals surface area contributed by atoms with Gasteiger partial charge in [-0.15, -0.1) is 0 Å². The van der Waals surface area contributed by atoms with Crippen LogP contribution in [-0.2, 0) is 0 Å². The van der Waals surface area contributed by atoms with Crippen LogP contribution in [0.5, 0.6) is 0 Å². The van der Waals surface area contributed by atoms with Crippen LogP contribution in [0.1, 0.15) is 17.5 Å². The highest BCUT2D eigenvalue weighted by Crippen LogP contribution is 2.34. The summed E-state index contributed by atoms with van der Waals surface area (Å²) in [6.07, 6.45) is 10.9. The third kappa shape index (κ3) is 15.0. The number of aryl methyl sites for hydroxylation is 3. The van der Waals surface area contributed by atoms with Gasteiger partial charge in [0.05, 0.1) is 45.6 Å². The van der Waals surface area contributed by atoms with Gasteiger partial charge in [-0.2, -0.15) is 0 Å². The molecule has 12 heteroatoms. The molecule has 101 heavy (non-hydrogen) atoms. The van der Waals surface area contributed by atoms with E-state index in [0.29, 0.717) is 23.3 Å². The lowest BCUT2D eigenvalue weighted by Gasteiger charge is -2.11. The summed E-state index contributed by atoms with van der Waals surface area (Å²) < 4.78 is 0. The maximum atomic E-state index is 4.82. The Morgan fingerprint density at radius 1 is 0.158 bits per heavy atom. The zero-order valence-corrected chi connectivity index (χ0v) is 55.6. The molecule has 0 saturated carbocycles. The van der Waals surface area contributed by atoms with Crippen molar-refractivity contribution in [2.24, 2.45) is 0 Å². The molecule has 0 spiro atoms. The van der Waals surface area contributed by atoms with Gasteiger partial charge in [0.25, 0.3) is 0 Å². The second kappa shape index (κ2) is 29.4. The summed E-state index contributed by atoms with van der Waals surface area (Å²) in [6.45, 7) is 5.74. The molecule has 0 aliphatic carbocycles. The maximum absolute atomic E-state index is 4.82. The SMILES string of the molecule is Cc1nc(-c2ccc(-c3ccccc3)nc2)cc(-c2ccc(-c3ccccc3)nc2)n1.Cc1nc(-c2cccc(-c3ccc4ccccc4c3)c2)cc(-c2cccc(-c3ccc4ccccc4c3)c2)n1.Cc1nc(-c2cnc(-c3ccccc3)nc2)cc(-c2cnc(-c3ccccc3)nc2)n1. The van der Waals surface area contributed by atoms with Gasteiger partial charge in [0, 0.05) is 92.8 Å². The lowest BCUT2D eigenvalue weighted by molar-refractivity contribution is 1.05. The molecule has 17 rings (SSSR count). The first kappa shape index (κ1) is 63.5. The van der Waals surface area contributed by atoms with E-state index in [4.69, 9.17) is 9.97 Å². The molecular formula is C89H64N12. The first-order valence-corrected chi connectivity index (χ1v) is 33.3. The van der Waals surface area contributed by atoms with Crippen molar-refractivity contribution in [3.8, 4) is 135 Å². The Balaban J connectivity index is 0.000000124. The molecule has 12 nitrogen and oxygen atoms in total. The Morgan fingerprint density at radius 3 is 0.772 bits per heavy atom. The summed E-state index contributed by atoms with van der Waals surface area (Å²) in [4.78, 5) is 55.3. The number of hydrogen-bond acceptors (Lipinski definition) is 12. The highest BCUT2D eigenvalue weighted by atomic mass is 14.9. The third-order valence-electron chi connectivity index (χ3n) is 17.2. The van der Waals surface area contributed by atoms with Gasteiger partial charge in [-0.05, 0) is 131 Å². The van der Waals surface area contributed by atoms with Crippen molar-refractivity contribution < 1.29 is 0 Å². The maximum Gasteiger partial charge on any atom is 0.159 e. The standard InChI is InChI=1S/C37H26N2.C27H20N4.C25H18N6/c1-25-38-36(34-14-6-12-30(22-34)32-18-16-26-8-2-4-10-28(26)20-32)24-37(39-25)35-15-7-13-31(23-35)33-19-17-27-9-3-5-11-29(27)21-33;1-19-30-26(22-12-14-24(28-17-22)20-8-4-2-5-9-20)16-27(31-19)23-13-15-25(29-18-23)21-10-6-3-7-11-21;1-17-30-22(20-13-26-24(27-14-20)18-8-4-2-5-9-18)12-23(31-17)21-15-28-25(29-16-21)19-10-6-3-7-11-19/h2-24H,1H3;2-18H,1H3;2-16H,1H3. The summed E-state index contributed by atoms with van der Waals surface area (Å²) in [6, 6.07) is 102. The minimum atomic E-state index is 0.659. The molecule has 0 bridgehead atoms. The quantitative estimate of drug-likeness (QED) is 0.114. The van der Waals surface area contributed by atoms with E-state index in [0.717, 1.165) is 107 Å². The number of fused-ring (bicyclic) bond motifs is 2. The van der Waals surface area contributed by atoms with Gasteiger partial charge >= 0.3 is 0 Å². The molecule has 0 aliphatic rings.